The van der Waals surface area contributed by atoms with Crippen molar-refractivity contribution in [1.29, 1.82) is 0 Å². The summed E-state index contributed by atoms with van der Waals surface area (Å²) in [6.45, 7) is -0.322. The number of hydrogen-bond donors (Lipinski definition) is 3. The Bertz CT molecular complexity index is 160. The zero-order valence-corrected chi connectivity index (χ0v) is 6.16. The molecule has 0 aromatic rings. The lowest BCUT2D eigenvalue weighted by molar-refractivity contribution is -0.160. The fraction of sp³-hybridized carbons (Fsp3) is 0.833. The van der Waals surface area contributed by atoms with E-state index >= 15 is 0 Å². The van der Waals surface area contributed by atoms with Crippen molar-refractivity contribution in [3.8, 4) is 0 Å². The first kappa shape index (κ1) is 9.40. The molecule has 1 aliphatic rings. The van der Waals surface area contributed by atoms with Gasteiger partial charge in [-0.2, -0.15) is 0 Å². The second kappa shape index (κ2) is 3.81. The topological polar surface area (TPSA) is 96.2 Å². The zero-order valence-electron chi connectivity index (χ0n) is 6.16. The lowest BCUT2D eigenvalue weighted by Crippen LogP contribution is -2.36. The van der Waals surface area contributed by atoms with Gasteiger partial charge < -0.3 is 24.8 Å². The van der Waals surface area contributed by atoms with Gasteiger partial charge in [-0.3, -0.25) is 4.79 Å². The van der Waals surface area contributed by atoms with Gasteiger partial charge in [0.2, 0.25) is 0 Å². The zero-order chi connectivity index (χ0) is 9.14. The van der Waals surface area contributed by atoms with Crippen LogP contribution >= 0.6 is 0 Å². The average molecular weight is 178 g/mol. The van der Waals surface area contributed by atoms with Crippen LogP contribution in [0.15, 0.2) is 0 Å². The summed E-state index contributed by atoms with van der Waals surface area (Å²) in [5.41, 5.74) is 0. The number of hydrogen-bond acceptors (Lipinski definition) is 6. The van der Waals surface area contributed by atoms with Crippen molar-refractivity contribution in [2.24, 2.45) is 0 Å². The Morgan fingerprint density at radius 1 is 1.50 bits per heavy atom. The molecule has 3 N–H and O–H groups in total. The molecular weight excluding hydrogens is 168 g/mol. The first-order valence-electron chi connectivity index (χ1n) is 3.42. The van der Waals surface area contributed by atoms with Crippen LogP contribution in [0, 0.1) is 0 Å². The Balaban J connectivity index is 2.56. The molecule has 6 nitrogen and oxygen atoms in total. The van der Waals surface area contributed by atoms with E-state index in [1.165, 1.54) is 0 Å². The van der Waals surface area contributed by atoms with Crippen LogP contribution in [-0.2, 0) is 14.3 Å². The maximum atomic E-state index is 9.88. The number of rotatable bonds is 3. The van der Waals surface area contributed by atoms with E-state index in [0.717, 1.165) is 0 Å². The molecule has 1 saturated heterocycles. The number of aliphatic hydroxyl groups excluding tert-OH is 3. The van der Waals surface area contributed by atoms with E-state index in [2.05, 4.69) is 9.47 Å². The summed E-state index contributed by atoms with van der Waals surface area (Å²) in [7, 11) is 0. The number of ether oxygens (including phenoxy) is 2. The van der Waals surface area contributed by atoms with E-state index in [9.17, 15) is 9.90 Å². The normalized spacial score (nSPS) is 41.2. The average Bonchev–Trinajstić information content (AvgIpc) is 2.32. The first-order chi connectivity index (χ1) is 5.70. The quantitative estimate of drug-likeness (QED) is 0.417. The van der Waals surface area contributed by atoms with Crippen LogP contribution in [-0.4, -0.2) is 53.0 Å². The third kappa shape index (κ3) is 1.56. The van der Waals surface area contributed by atoms with Crippen molar-refractivity contribution >= 4 is 6.47 Å². The fourth-order valence-electron chi connectivity index (χ4n) is 1.08. The van der Waals surface area contributed by atoms with E-state index in [1.54, 1.807) is 0 Å². The van der Waals surface area contributed by atoms with Crippen LogP contribution in [0.2, 0.25) is 0 Å². The highest BCUT2D eigenvalue weighted by atomic mass is 16.7. The lowest BCUT2D eigenvalue weighted by Gasteiger charge is -2.13. The highest BCUT2D eigenvalue weighted by molar-refractivity contribution is 5.37. The maximum Gasteiger partial charge on any atom is 0.293 e. The molecule has 0 spiro atoms. The number of aliphatic hydroxyl groups is 3. The minimum atomic E-state index is -1.37. The molecule has 70 valence electrons. The Morgan fingerprint density at radius 3 is 2.58 bits per heavy atom. The molecule has 1 aliphatic heterocycles. The smallest absolute Gasteiger partial charge is 0.293 e. The first-order valence-corrected chi connectivity index (χ1v) is 3.42. The molecule has 1 rings (SSSR count). The summed E-state index contributed by atoms with van der Waals surface area (Å²) in [5.74, 6) is 0. The van der Waals surface area contributed by atoms with Crippen LogP contribution in [0.5, 0.6) is 0 Å². The van der Waals surface area contributed by atoms with E-state index in [1.807, 2.05) is 0 Å². The largest absolute Gasteiger partial charge is 0.456 e. The monoisotopic (exact) mass is 178 g/mol. The van der Waals surface area contributed by atoms with Crippen molar-refractivity contribution in [1.82, 2.24) is 0 Å². The Labute approximate surface area is 68.3 Å². The standard InChI is InChI=1S/C6H10O6/c7-1-3-4(9)5(11-2-8)6(10)12-3/h2-7,9-10H,1H2. The minimum Gasteiger partial charge on any atom is -0.456 e. The van der Waals surface area contributed by atoms with Gasteiger partial charge in [-0.1, -0.05) is 0 Å². The van der Waals surface area contributed by atoms with Gasteiger partial charge in [0, 0.05) is 0 Å². The molecule has 0 bridgehead atoms. The molecule has 0 aromatic carbocycles. The highest BCUT2D eigenvalue weighted by Gasteiger charge is 2.44. The van der Waals surface area contributed by atoms with Gasteiger partial charge in [0.15, 0.2) is 12.4 Å². The Morgan fingerprint density at radius 2 is 2.17 bits per heavy atom. The minimum absolute atomic E-state index is 0.111. The van der Waals surface area contributed by atoms with Crippen LogP contribution in [0.25, 0.3) is 0 Å². The van der Waals surface area contributed by atoms with E-state index < -0.39 is 31.2 Å². The molecule has 0 saturated carbocycles. The van der Waals surface area contributed by atoms with Gasteiger partial charge in [-0.05, 0) is 0 Å². The predicted octanol–water partition coefficient (Wildman–Crippen LogP) is -2.40. The van der Waals surface area contributed by atoms with Gasteiger partial charge in [-0.25, -0.2) is 0 Å². The van der Waals surface area contributed by atoms with Crippen molar-refractivity contribution in [2.75, 3.05) is 6.61 Å². The summed E-state index contributed by atoms with van der Waals surface area (Å²) in [6, 6.07) is 0. The summed E-state index contributed by atoms with van der Waals surface area (Å²) in [5, 5.41) is 26.8. The third-order valence-electron chi connectivity index (χ3n) is 1.71. The Hall–Kier alpha value is -0.690. The molecule has 1 fully saturated rings. The van der Waals surface area contributed by atoms with Gasteiger partial charge >= 0.3 is 0 Å². The summed E-state index contributed by atoms with van der Waals surface area (Å²) < 4.78 is 9.00. The third-order valence-corrected chi connectivity index (χ3v) is 1.71. The van der Waals surface area contributed by atoms with Crippen molar-refractivity contribution < 1.29 is 29.6 Å². The molecule has 0 amide bonds. The number of carbonyl (C=O) groups excluding carboxylic acids is 1. The molecule has 0 aliphatic carbocycles. The molecule has 12 heavy (non-hydrogen) atoms. The van der Waals surface area contributed by atoms with Crippen molar-refractivity contribution in [3.05, 3.63) is 0 Å². The van der Waals surface area contributed by atoms with Gasteiger partial charge in [0.05, 0.1) is 6.61 Å². The van der Waals surface area contributed by atoms with Crippen molar-refractivity contribution in [3.63, 3.8) is 0 Å². The SMILES string of the molecule is O=COC1C(O)OC(CO)C1O. The molecule has 4 unspecified atom stereocenters. The van der Waals surface area contributed by atoms with Crippen molar-refractivity contribution in [2.45, 2.75) is 24.6 Å². The molecule has 6 heteroatoms. The molecule has 4 atom stereocenters. The van der Waals surface area contributed by atoms with Crippen LogP contribution in [0.1, 0.15) is 0 Å². The van der Waals surface area contributed by atoms with Crippen LogP contribution < -0.4 is 0 Å². The summed E-state index contributed by atoms with van der Waals surface area (Å²) in [4.78, 5) is 9.88. The Kier molecular flexibility index (Phi) is 2.99. The van der Waals surface area contributed by atoms with E-state index in [-0.39, 0.29) is 6.47 Å². The second-order valence-electron chi connectivity index (χ2n) is 2.44. The fourth-order valence-corrected chi connectivity index (χ4v) is 1.08. The molecule has 1 heterocycles. The number of carbonyl (C=O) groups is 1. The van der Waals surface area contributed by atoms with Gasteiger partial charge in [-0.15, -0.1) is 0 Å². The van der Waals surface area contributed by atoms with E-state index in [4.69, 9.17) is 10.2 Å². The molecule has 0 aromatic heterocycles. The lowest BCUT2D eigenvalue weighted by atomic mass is 10.1. The summed E-state index contributed by atoms with van der Waals surface area (Å²) >= 11 is 0. The molecular formula is C6H10O6. The van der Waals surface area contributed by atoms with E-state index in [0.29, 0.717) is 0 Å². The van der Waals surface area contributed by atoms with Crippen LogP contribution in [0.4, 0.5) is 0 Å². The van der Waals surface area contributed by atoms with Gasteiger partial charge in [0.25, 0.3) is 6.47 Å². The van der Waals surface area contributed by atoms with Gasteiger partial charge in [0.1, 0.15) is 12.2 Å². The predicted molar refractivity (Wildman–Crippen MR) is 34.9 cm³/mol. The summed E-state index contributed by atoms with van der Waals surface area (Å²) in [6.07, 6.45) is -4.57. The molecule has 0 radical (unpaired) electrons. The highest BCUT2D eigenvalue weighted by Crippen LogP contribution is 2.21. The maximum absolute atomic E-state index is 9.88. The second-order valence-corrected chi connectivity index (χ2v) is 2.44. The van der Waals surface area contributed by atoms with Crippen LogP contribution in [0.3, 0.4) is 0 Å².